The molecular formula is C29H34N2O3S. The maximum Gasteiger partial charge on any atom is 0.257 e. The molecule has 0 saturated heterocycles. The van der Waals surface area contributed by atoms with Crippen molar-refractivity contribution < 1.29 is 14.3 Å². The lowest BCUT2D eigenvalue weighted by atomic mass is 10.2. The summed E-state index contributed by atoms with van der Waals surface area (Å²) in [5.41, 5.74) is 2.50. The van der Waals surface area contributed by atoms with Gasteiger partial charge in [0.25, 0.3) is 5.91 Å². The number of rotatable bonds is 13. The largest absolute Gasteiger partial charge is 0.494 e. The molecule has 2 N–H and O–H groups in total. The Morgan fingerprint density at radius 1 is 0.800 bits per heavy atom. The van der Waals surface area contributed by atoms with E-state index in [-0.39, 0.29) is 11.0 Å². The number of hydrogen-bond donors (Lipinski definition) is 2. The second-order valence-electron chi connectivity index (χ2n) is 8.31. The quantitative estimate of drug-likeness (QED) is 0.204. The van der Waals surface area contributed by atoms with E-state index in [1.54, 1.807) is 24.3 Å². The lowest BCUT2D eigenvalue weighted by molar-refractivity contribution is 0.0977. The van der Waals surface area contributed by atoms with Crippen molar-refractivity contribution >= 4 is 28.9 Å². The first kappa shape index (κ1) is 26.2. The average molecular weight is 491 g/mol. The minimum atomic E-state index is -0.280. The number of nitrogens with one attached hydrogen (secondary N) is 2. The van der Waals surface area contributed by atoms with Crippen LogP contribution in [0.1, 0.15) is 54.9 Å². The van der Waals surface area contributed by atoms with Crippen molar-refractivity contribution in [3.8, 4) is 11.5 Å². The molecule has 0 bridgehead atoms. The summed E-state index contributed by atoms with van der Waals surface area (Å²) in [6.45, 7) is 3.48. The molecule has 3 aromatic rings. The maximum atomic E-state index is 12.6. The lowest BCUT2D eigenvalue weighted by Crippen LogP contribution is -2.34. The number of benzene rings is 3. The molecule has 0 aromatic heterocycles. The SMILES string of the molecule is CCCCCCCOc1cccc(NC(=S)NC(=O)c2ccc(OCCc3ccccc3)cc2)c1. The highest BCUT2D eigenvalue weighted by molar-refractivity contribution is 7.80. The first-order valence-corrected chi connectivity index (χ1v) is 12.7. The van der Waals surface area contributed by atoms with Gasteiger partial charge in [-0.15, -0.1) is 0 Å². The fourth-order valence-electron chi connectivity index (χ4n) is 3.53. The molecule has 0 aliphatic heterocycles. The molecule has 3 rings (SSSR count). The van der Waals surface area contributed by atoms with E-state index in [0.717, 1.165) is 30.0 Å². The zero-order valence-corrected chi connectivity index (χ0v) is 21.1. The third kappa shape index (κ3) is 9.79. The first-order chi connectivity index (χ1) is 17.1. The van der Waals surface area contributed by atoms with Crippen LogP contribution in [0.3, 0.4) is 0 Å². The maximum absolute atomic E-state index is 12.6. The van der Waals surface area contributed by atoms with Crippen LogP contribution in [0.5, 0.6) is 11.5 Å². The molecule has 6 heteroatoms. The van der Waals surface area contributed by atoms with E-state index in [1.165, 1.54) is 31.2 Å². The predicted molar refractivity (Wildman–Crippen MR) is 146 cm³/mol. The van der Waals surface area contributed by atoms with E-state index in [9.17, 15) is 4.79 Å². The molecule has 0 atom stereocenters. The third-order valence-corrected chi connectivity index (χ3v) is 5.66. The van der Waals surface area contributed by atoms with Crippen LogP contribution < -0.4 is 20.1 Å². The van der Waals surface area contributed by atoms with Gasteiger partial charge in [-0.1, -0.05) is 69.0 Å². The molecule has 0 aliphatic carbocycles. The third-order valence-electron chi connectivity index (χ3n) is 5.45. The predicted octanol–water partition coefficient (Wildman–Crippen LogP) is 6.78. The molecule has 0 aliphatic rings. The minimum absolute atomic E-state index is 0.231. The van der Waals surface area contributed by atoms with Gasteiger partial charge in [0.1, 0.15) is 11.5 Å². The van der Waals surface area contributed by atoms with E-state index in [0.29, 0.717) is 18.8 Å². The number of carbonyl (C=O) groups is 1. The minimum Gasteiger partial charge on any atom is -0.494 e. The fourth-order valence-corrected chi connectivity index (χ4v) is 3.74. The van der Waals surface area contributed by atoms with Gasteiger partial charge in [-0.2, -0.15) is 0 Å². The summed E-state index contributed by atoms with van der Waals surface area (Å²) >= 11 is 5.32. The van der Waals surface area contributed by atoms with Gasteiger partial charge in [0.2, 0.25) is 0 Å². The average Bonchev–Trinajstić information content (AvgIpc) is 2.87. The molecule has 1 amide bonds. The second-order valence-corrected chi connectivity index (χ2v) is 8.72. The zero-order valence-electron chi connectivity index (χ0n) is 20.3. The van der Waals surface area contributed by atoms with Crippen molar-refractivity contribution in [1.82, 2.24) is 5.32 Å². The van der Waals surface area contributed by atoms with Crippen molar-refractivity contribution in [1.29, 1.82) is 0 Å². The molecule has 3 aromatic carbocycles. The summed E-state index contributed by atoms with van der Waals surface area (Å²) in [7, 11) is 0. The second kappa shape index (κ2) is 14.8. The lowest BCUT2D eigenvalue weighted by Gasteiger charge is -2.12. The van der Waals surface area contributed by atoms with Crippen LogP contribution in [-0.2, 0) is 6.42 Å². The van der Waals surface area contributed by atoms with Crippen molar-refractivity contribution in [2.24, 2.45) is 0 Å². The van der Waals surface area contributed by atoms with Crippen molar-refractivity contribution in [2.75, 3.05) is 18.5 Å². The summed E-state index contributed by atoms with van der Waals surface area (Å²) in [6.07, 6.45) is 6.81. The van der Waals surface area contributed by atoms with Crippen molar-refractivity contribution in [3.63, 3.8) is 0 Å². The molecule has 35 heavy (non-hydrogen) atoms. The highest BCUT2D eigenvalue weighted by Gasteiger charge is 2.09. The Hall–Kier alpha value is -3.38. The summed E-state index contributed by atoms with van der Waals surface area (Å²) in [6, 6.07) is 24.8. The van der Waals surface area contributed by atoms with Crippen LogP contribution in [0, 0.1) is 0 Å². The van der Waals surface area contributed by atoms with E-state index < -0.39 is 0 Å². The Bertz CT molecular complexity index is 1060. The number of unbranched alkanes of at least 4 members (excludes halogenated alkanes) is 4. The molecule has 0 unspecified atom stereocenters. The van der Waals surface area contributed by atoms with E-state index in [4.69, 9.17) is 21.7 Å². The molecule has 0 heterocycles. The van der Waals surface area contributed by atoms with E-state index in [1.807, 2.05) is 42.5 Å². The monoisotopic (exact) mass is 490 g/mol. The molecule has 5 nitrogen and oxygen atoms in total. The summed E-state index contributed by atoms with van der Waals surface area (Å²) in [5, 5.41) is 6.00. The van der Waals surface area contributed by atoms with Crippen LogP contribution >= 0.6 is 12.2 Å². The van der Waals surface area contributed by atoms with Gasteiger partial charge in [0, 0.05) is 23.7 Å². The van der Waals surface area contributed by atoms with Gasteiger partial charge < -0.3 is 14.8 Å². The Balaban J connectivity index is 1.40. The van der Waals surface area contributed by atoms with Gasteiger partial charge in [0.05, 0.1) is 13.2 Å². The van der Waals surface area contributed by atoms with Crippen LogP contribution in [0.15, 0.2) is 78.9 Å². The van der Waals surface area contributed by atoms with Gasteiger partial charge in [-0.25, -0.2) is 0 Å². The number of hydrogen-bond acceptors (Lipinski definition) is 4. The summed E-state index contributed by atoms with van der Waals surface area (Å²) in [5.74, 6) is 1.22. The molecule has 0 spiro atoms. The van der Waals surface area contributed by atoms with Gasteiger partial charge >= 0.3 is 0 Å². The summed E-state index contributed by atoms with van der Waals surface area (Å²) in [4.78, 5) is 12.6. The van der Waals surface area contributed by atoms with E-state index in [2.05, 4.69) is 29.7 Å². The van der Waals surface area contributed by atoms with E-state index >= 15 is 0 Å². The number of ether oxygens (including phenoxy) is 2. The number of thiocarbonyl (C=S) groups is 1. The molecule has 184 valence electrons. The van der Waals surface area contributed by atoms with Gasteiger partial charge in [-0.3, -0.25) is 10.1 Å². The smallest absolute Gasteiger partial charge is 0.257 e. The molecule has 0 radical (unpaired) electrons. The van der Waals surface area contributed by atoms with Crippen molar-refractivity contribution in [2.45, 2.75) is 45.4 Å². The highest BCUT2D eigenvalue weighted by Crippen LogP contribution is 2.18. The molecular weight excluding hydrogens is 456 g/mol. The zero-order chi connectivity index (χ0) is 24.7. The normalized spacial score (nSPS) is 10.4. The summed E-state index contributed by atoms with van der Waals surface area (Å²) < 4.78 is 11.6. The Morgan fingerprint density at radius 3 is 2.31 bits per heavy atom. The van der Waals surface area contributed by atoms with Crippen LogP contribution in [0.25, 0.3) is 0 Å². The Morgan fingerprint density at radius 2 is 1.54 bits per heavy atom. The Labute approximate surface area is 213 Å². The fraction of sp³-hybridized carbons (Fsp3) is 0.310. The van der Waals surface area contributed by atoms with Crippen LogP contribution in [0.4, 0.5) is 5.69 Å². The Kier molecular flexibility index (Phi) is 11.1. The number of carbonyl (C=O) groups excluding carboxylic acids is 1. The number of amides is 1. The number of anilines is 1. The van der Waals surface area contributed by atoms with Crippen LogP contribution in [0.2, 0.25) is 0 Å². The topological polar surface area (TPSA) is 59.6 Å². The first-order valence-electron chi connectivity index (χ1n) is 12.3. The van der Waals surface area contributed by atoms with Crippen molar-refractivity contribution in [3.05, 3.63) is 90.0 Å². The van der Waals surface area contributed by atoms with Crippen LogP contribution in [-0.4, -0.2) is 24.2 Å². The molecule has 0 fully saturated rings. The standard InChI is InChI=1S/C29H34N2O3S/c1-2-3-4-5-9-20-33-27-14-10-13-25(22-27)30-29(35)31-28(32)24-15-17-26(18-16-24)34-21-19-23-11-7-6-8-12-23/h6-8,10-18,22H,2-5,9,19-21H2,1H3,(H2,30,31,32,35). The van der Waals surface area contributed by atoms with Gasteiger partial charge in [0.15, 0.2) is 5.11 Å². The van der Waals surface area contributed by atoms with Gasteiger partial charge in [-0.05, 0) is 60.6 Å². The molecule has 0 saturated carbocycles. The highest BCUT2D eigenvalue weighted by atomic mass is 32.1.